The van der Waals surface area contributed by atoms with Crippen LogP contribution in [0.25, 0.3) is 0 Å². The number of nitrogens with one attached hydrogen (secondary N) is 4. The summed E-state index contributed by atoms with van der Waals surface area (Å²) >= 11 is 5.00. The van der Waals surface area contributed by atoms with E-state index >= 15 is 0 Å². The topological polar surface area (TPSA) is 48.1 Å². The van der Waals surface area contributed by atoms with Gasteiger partial charge in [-0.3, -0.25) is 0 Å². The highest BCUT2D eigenvalue weighted by atomic mass is 32.1. The van der Waals surface area contributed by atoms with Crippen LogP contribution in [0.1, 0.15) is 0 Å². The van der Waals surface area contributed by atoms with E-state index in [9.17, 15) is 0 Å². The fraction of sp³-hybridized carbons (Fsp3) is 0.857. The van der Waals surface area contributed by atoms with Crippen LogP contribution in [0.15, 0.2) is 0 Å². The van der Waals surface area contributed by atoms with E-state index in [0.717, 1.165) is 31.3 Å². The van der Waals surface area contributed by atoms with Crippen molar-refractivity contribution < 1.29 is 0 Å². The zero-order valence-electron chi connectivity index (χ0n) is 7.74. The molecule has 4 nitrogen and oxygen atoms in total. The molecule has 72 valence electrons. The van der Waals surface area contributed by atoms with Crippen LogP contribution in [-0.4, -0.2) is 45.4 Å². The van der Waals surface area contributed by atoms with Crippen molar-refractivity contribution in [3.8, 4) is 0 Å². The monoisotopic (exact) mass is 190 g/mol. The molecule has 0 fully saturated rings. The van der Waals surface area contributed by atoms with Crippen molar-refractivity contribution in [1.29, 1.82) is 0 Å². The Labute approximate surface area is 79.5 Å². The Morgan fingerprint density at radius 1 is 0.917 bits per heavy atom. The molecule has 0 saturated carbocycles. The molecule has 0 radical (unpaired) electrons. The summed E-state index contributed by atoms with van der Waals surface area (Å²) in [6, 6.07) is 0. The minimum Gasteiger partial charge on any atom is -0.361 e. The van der Waals surface area contributed by atoms with E-state index in [2.05, 4.69) is 21.3 Å². The summed E-state index contributed by atoms with van der Waals surface area (Å²) in [5.74, 6) is 0. The van der Waals surface area contributed by atoms with Crippen molar-refractivity contribution in [2.24, 2.45) is 0 Å². The average molecular weight is 190 g/mol. The summed E-state index contributed by atoms with van der Waals surface area (Å²) in [6.07, 6.45) is 0. The first-order valence-electron chi connectivity index (χ1n) is 4.12. The van der Waals surface area contributed by atoms with Crippen molar-refractivity contribution in [3.05, 3.63) is 0 Å². The van der Waals surface area contributed by atoms with Gasteiger partial charge in [-0.05, 0) is 26.3 Å². The standard InChI is InChI=1S/C7H18N4S/c1-8-3-5-10-7(12)11-6-4-9-2/h8-9H,3-6H2,1-2H3,(H2,10,11,12). The molecule has 0 aliphatic rings. The Morgan fingerprint density at radius 2 is 1.33 bits per heavy atom. The van der Waals surface area contributed by atoms with Gasteiger partial charge in [0.2, 0.25) is 0 Å². The van der Waals surface area contributed by atoms with Crippen LogP contribution in [0.3, 0.4) is 0 Å². The number of thiocarbonyl (C=S) groups is 1. The minimum absolute atomic E-state index is 0.723. The highest BCUT2D eigenvalue weighted by Gasteiger charge is 1.91. The van der Waals surface area contributed by atoms with E-state index in [-0.39, 0.29) is 0 Å². The Kier molecular flexibility index (Phi) is 8.42. The molecule has 0 aromatic carbocycles. The van der Waals surface area contributed by atoms with Crippen LogP contribution in [0.4, 0.5) is 0 Å². The summed E-state index contributed by atoms with van der Waals surface area (Å²) in [5, 5.41) is 12.9. The maximum atomic E-state index is 5.00. The fourth-order valence-corrected chi connectivity index (χ4v) is 0.869. The lowest BCUT2D eigenvalue weighted by Gasteiger charge is -2.09. The first-order chi connectivity index (χ1) is 5.81. The molecule has 5 heteroatoms. The number of likely N-dealkylation sites (N-methyl/N-ethyl adjacent to an activating group) is 2. The predicted octanol–water partition coefficient (Wildman–Crippen LogP) is -1.11. The smallest absolute Gasteiger partial charge is 0.166 e. The van der Waals surface area contributed by atoms with Gasteiger partial charge in [-0.15, -0.1) is 0 Å². The van der Waals surface area contributed by atoms with E-state index in [1.165, 1.54) is 0 Å². The fourth-order valence-electron chi connectivity index (χ4n) is 0.665. The summed E-state index contributed by atoms with van der Waals surface area (Å²) in [7, 11) is 3.83. The van der Waals surface area contributed by atoms with Gasteiger partial charge >= 0.3 is 0 Å². The number of hydrogen-bond donors (Lipinski definition) is 4. The second-order valence-electron chi connectivity index (χ2n) is 2.39. The van der Waals surface area contributed by atoms with Crippen LogP contribution in [0.5, 0.6) is 0 Å². The van der Waals surface area contributed by atoms with Gasteiger partial charge in [0, 0.05) is 26.2 Å². The van der Waals surface area contributed by atoms with E-state index in [1.807, 2.05) is 14.1 Å². The second kappa shape index (κ2) is 8.70. The molecule has 0 heterocycles. The minimum atomic E-state index is 0.723. The van der Waals surface area contributed by atoms with Gasteiger partial charge < -0.3 is 21.3 Å². The van der Waals surface area contributed by atoms with Crippen molar-refractivity contribution >= 4 is 17.3 Å². The highest BCUT2D eigenvalue weighted by Crippen LogP contribution is 1.65. The third-order valence-corrected chi connectivity index (χ3v) is 1.61. The van der Waals surface area contributed by atoms with Gasteiger partial charge in [0.1, 0.15) is 0 Å². The van der Waals surface area contributed by atoms with E-state index in [4.69, 9.17) is 12.2 Å². The van der Waals surface area contributed by atoms with Gasteiger partial charge in [0.25, 0.3) is 0 Å². The van der Waals surface area contributed by atoms with Gasteiger partial charge in [-0.25, -0.2) is 0 Å². The lowest BCUT2D eigenvalue weighted by atomic mass is 10.6. The van der Waals surface area contributed by atoms with Crippen molar-refractivity contribution in [2.45, 2.75) is 0 Å². The largest absolute Gasteiger partial charge is 0.361 e. The van der Waals surface area contributed by atoms with Crippen LogP contribution in [0.2, 0.25) is 0 Å². The molecule has 0 unspecified atom stereocenters. The molecular weight excluding hydrogens is 172 g/mol. The molecule has 12 heavy (non-hydrogen) atoms. The van der Waals surface area contributed by atoms with E-state index < -0.39 is 0 Å². The Bertz CT molecular complexity index is 106. The lowest BCUT2D eigenvalue weighted by Crippen LogP contribution is -2.40. The van der Waals surface area contributed by atoms with Crippen molar-refractivity contribution in [3.63, 3.8) is 0 Å². The molecule has 0 spiro atoms. The Balaban J connectivity index is 3.10. The maximum Gasteiger partial charge on any atom is 0.166 e. The zero-order valence-corrected chi connectivity index (χ0v) is 8.55. The van der Waals surface area contributed by atoms with Gasteiger partial charge in [-0.2, -0.15) is 0 Å². The molecule has 0 atom stereocenters. The number of rotatable bonds is 6. The predicted molar refractivity (Wildman–Crippen MR) is 56.5 cm³/mol. The average Bonchev–Trinajstić information content (AvgIpc) is 2.06. The van der Waals surface area contributed by atoms with Crippen LogP contribution in [-0.2, 0) is 0 Å². The van der Waals surface area contributed by atoms with Gasteiger partial charge in [0.15, 0.2) is 5.11 Å². The van der Waals surface area contributed by atoms with E-state index in [0.29, 0.717) is 0 Å². The molecular formula is C7H18N4S. The first-order valence-corrected chi connectivity index (χ1v) is 4.53. The molecule has 0 aromatic rings. The molecule has 0 aromatic heterocycles. The summed E-state index contributed by atoms with van der Waals surface area (Å²) in [6.45, 7) is 3.57. The second-order valence-corrected chi connectivity index (χ2v) is 2.80. The SMILES string of the molecule is CNCCNC(=S)NCCNC. The summed E-state index contributed by atoms with van der Waals surface area (Å²) < 4.78 is 0. The molecule has 0 rings (SSSR count). The quantitative estimate of drug-likeness (QED) is 0.316. The molecule has 0 bridgehead atoms. The first kappa shape index (κ1) is 11.6. The normalized spacial score (nSPS) is 9.50. The summed E-state index contributed by atoms with van der Waals surface area (Å²) in [4.78, 5) is 0. The van der Waals surface area contributed by atoms with Crippen LogP contribution < -0.4 is 21.3 Å². The van der Waals surface area contributed by atoms with Crippen molar-refractivity contribution in [2.75, 3.05) is 40.3 Å². The van der Waals surface area contributed by atoms with E-state index in [1.54, 1.807) is 0 Å². The van der Waals surface area contributed by atoms with Crippen LogP contribution in [0, 0.1) is 0 Å². The third kappa shape index (κ3) is 7.71. The van der Waals surface area contributed by atoms with Crippen LogP contribution >= 0.6 is 12.2 Å². The molecule has 0 saturated heterocycles. The van der Waals surface area contributed by atoms with Gasteiger partial charge in [-0.1, -0.05) is 0 Å². The molecule has 4 N–H and O–H groups in total. The molecule has 0 amide bonds. The molecule has 0 aliphatic heterocycles. The Hall–Kier alpha value is -0.390. The Morgan fingerprint density at radius 3 is 1.67 bits per heavy atom. The number of hydrogen-bond acceptors (Lipinski definition) is 3. The maximum absolute atomic E-state index is 5.00. The lowest BCUT2D eigenvalue weighted by molar-refractivity contribution is 0.722. The van der Waals surface area contributed by atoms with Gasteiger partial charge in [0.05, 0.1) is 0 Å². The third-order valence-electron chi connectivity index (χ3n) is 1.32. The molecule has 0 aliphatic carbocycles. The summed E-state index contributed by atoms with van der Waals surface area (Å²) in [5.41, 5.74) is 0. The van der Waals surface area contributed by atoms with Crippen molar-refractivity contribution in [1.82, 2.24) is 21.3 Å². The zero-order chi connectivity index (χ0) is 9.23. The highest BCUT2D eigenvalue weighted by molar-refractivity contribution is 7.80.